The second-order valence-electron chi connectivity index (χ2n) is 6.56. The summed E-state index contributed by atoms with van der Waals surface area (Å²) in [6, 6.07) is 5.88. The number of aromatic hydroxyl groups is 1. The average molecular weight is 260 g/mol. The zero-order valence-electron chi connectivity index (χ0n) is 12.4. The van der Waals surface area contributed by atoms with Gasteiger partial charge in [0.1, 0.15) is 11.5 Å². The van der Waals surface area contributed by atoms with E-state index in [2.05, 4.69) is 19.9 Å². The van der Waals surface area contributed by atoms with Crippen molar-refractivity contribution in [1.82, 2.24) is 0 Å². The first-order chi connectivity index (χ1) is 8.82. The molecule has 1 aromatic rings. The van der Waals surface area contributed by atoms with Gasteiger partial charge >= 0.3 is 0 Å². The molecule has 0 bridgehead atoms. The Hall–Kier alpha value is -1.31. The summed E-state index contributed by atoms with van der Waals surface area (Å²) in [5, 5.41) is 9.65. The highest BCUT2D eigenvalue weighted by atomic mass is 16.3. The molecule has 2 nitrogen and oxygen atoms in total. The predicted octanol–water partition coefficient (Wildman–Crippen LogP) is 3.98. The van der Waals surface area contributed by atoms with E-state index < -0.39 is 0 Å². The summed E-state index contributed by atoms with van der Waals surface area (Å²) in [5.41, 5.74) is 2.23. The number of phenolic OH excluding ortho intramolecular Hbond substituents is 1. The van der Waals surface area contributed by atoms with Gasteiger partial charge in [0.2, 0.25) is 0 Å². The summed E-state index contributed by atoms with van der Waals surface area (Å²) in [6.07, 6.45) is 2.67. The highest BCUT2D eigenvalue weighted by Gasteiger charge is 2.36. The van der Waals surface area contributed by atoms with Crippen LogP contribution in [0.3, 0.4) is 0 Å². The van der Waals surface area contributed by atoms with Gasteiger partial charge in [-0.2, -0.15) is 0 Å². The number of phenols is 1. The van der Waals surface area contributed by atoms with Gasteiger partial charge in [0.25, 0.3) is 0 Å². The summed E-state index contributed by atoms with van der Waals surface area (Å²) in [4.78, 5) is 11.7. The molecule has 19 heavy (non-hydrogen) atoms. The second kappa shape index (κ2) is 4.99. The maximum absolute atomic E-state index is 11.7. The predicted molar refractivity (Wildman–Crippen MR) is 77.4 cm³/mol. The van der Waals surface area contributed by atoms with Crippen molar-refractivity contribution in [3.63, 3.8) is 0 Å². The van der Waals surface area contributed by atoms with Crippen LogP contribution in [0.15, 0.2) is 18.2 Å². The molecule has 1 aliphatic rings. The van der Waals surface area contributed by atoms with Crippen molar-refractivity contribution in [2.24, 2.45) is 11.8 Å². The third-order valence-electron chi connectivity index (χ3n) is 4.89. The average Bonchev–Trinajstić information content (AvgIpc) is 2.35. The molecule has 2 unspecified atom stereocenters. The van der Waals surface area contributed by atoms with Crippen LogP contribution in [0.2, 0.25) is 0 Å². The fraction of sp³-hybridized carbons (Fsp3) is 0.588. The molecule has 1 saturated carbocycles. The molecule has 1 aromatic carbocycles. The lowest BCUT2D eigenvalue weighted by Gasteiger charge is -2.39. The van der Waals surface area contributed by atoms with Crippen molar-refractivity contribution in [3.05, 3.63) is 29.3 Å². The first-order valence-corrected chi connectivity index (χ1v) is 7.15. The molecule has 2 heteroatoms. The highest BCUT2D eigenvalue weighted by Crippen LogP contribution is 2.42. The van der Waals surface area contributed by atoms with Crippen LogP contribution in [-0.4, -0.2) is 10.9 Å². The van der Waals surface area contributed by atoms with Crippen LogP contribution in [-0.2, 0) is 10.2 Å². The minimum Gasteiger partial charge on any atom is -0.508 e. The molecule has 2 rings (SSSR count). The normalized spacial score (nSPS) is 24.5. The lowest BCUT2D eigenvalue weighted by Crippen LogP contribution is -2.35. The molecule has 0 spiro atoms. The Labute approximate surface area is 115 Å². The summed E-state index contributed by atoms with van der Waals surface area (Å²) in [6.45, 7) is 8.49. The fourth-order valence-electron chi connectivity index (χ4n) is 3.19. The molecule has 0 aliphatic heterocycles. The largest absolute Gasteiger partial charge is 0.508 e. The Morgan fingerprint density at radius 3 is 2.58 bits per heavy atom. The third kappa shape index (κ3) is 2.68. The quantitative estimate of drug-likeness (QED) is 0.873. The van der Waals surface area contributed by atoms with Crippen LogP contribution in [0, 0.1) is 18.8 Å². The van der Waals surface area contributed by atoms with E-state index in [4.69, 9.17) is 0 Å². The third-order valence-corrected chi connectivity index (χ3v) is 4.89. The van der Waals surface area contributed by atoms with Gasteiger partial charge in [-0.15, -0.1) is 0 Å². The second-order valence-corrected chi connectivity index (χ2v) is 6.56. The number of Topliss-reactive ketones (excluding diaryl/α,β-unsaturated/α-hetero) is 1. The van der Waals surface area contributed by atoms with E-state index in [1.54, 1.807) is 6.07 Å². The fourth-order valence-corrected chi connectivity index (χ4v) is 3.19. The Morgan fingerprint density at radius 1 is 1.32 bits per heavy atom. The topological polar surface area (TPSA) is 37.3 Å². The molecule has 104 valence electrons. The van der Waals surface area contributed by atoms with E-state index in [9.17, 15) is 9.90 Å². The smallest absolute Gasteiger partial charge is 0.135 e. The van der Waals surface area contributed by atoms with Crippen molar-refractivity contribution in [2.75, 3.05) is 0 Å². The Morgan fingerprint density at radius 2 is 2.00 bits per heavy atom. The molecule has 0 saturated heterocycles. The van der Waals surface area contributed by atoms with Crippen LogP contribution in [0.1, 0.15) is 51.2 Å². The Kier molecular flexibility index (Phi) is 3.71. The molecule has 2 atom stereocenters. The van der Waals surface area contributed by atoms with Crippen LogP contribution in [0.25, 0.3) is 0 Å². The molecular formula is C17H24O2. The van der Waals surface area contributed by atoms with E-state index in [-0.39, 0.29) is 11.3 Å². The van der Waals surface area contributed by atoms with Crippen molar-refractivity contribution in [1.29, 1.82) is 0 Å². The van der Waals surface area contributed by atoms with Crippen LogP contribution in [0.5, 0.6) is 5.75 Å². The van der Waals surface area contributed by atoms with Gasteiger partial charge in [-0.1, -0.05) is 32.9 Å². The molecule has 1 aliphatic carbocycles. The summed E-state index contributed by atoms with van der Waals surface area (Å²) < 4.78 is 0. The Balaban J connectivity index is 2.26. The SMILES string of the molecule is Cc1cc(C(C)(C)C2CCC(=O)C(C)C2)ccc1O. The highest BCUT2D eigenvalue weighted by molar-refractivity contribution is 5.81. The lowest BCUT2D eigenvalue weighted by molar-refractivity contribution is -0.125. The standard InChI is InChI=1S/C17H24O2/c1-11-9-13(5-7-15(11)18)17(3,4)14-6-8-16(19)12(2)10-14/h5,7,9,12,14,18H,6,8,10H2,1-4H3. The first kappa shape index (κ1) is 14.1. The number of hydrogen-bond acceptors (Lipinski definition) is 2. The zero-order valence-corrected chi connectivity index (χ0v) is 12.4. The van der Waals surface area contributed by atoms with Gasteiger partial charge in [0, 0.05) is 12.3 Å². The van der Waals surface area contributed by atoms with Crippen molar-refractivity contribution in [3.8, 4) is 5.75 Å². The monoisotopic (exact) mass is 260 g/mol. The molecule has 0 amide bonds. The number of aryl methyl sites for hydroxylation is 1. The van der Waals surface area contributed by atoms with E-state index in [1.807, 2.05) is 19.9 Å². The number of hydrogen-bond donors (Lipinski definition) is 1. The number of carbonyl (C=O) groups excluding carboxylic acids is 1. The number of ketones is 1. The summed E-state index contributed by atoms with van der Waals surface area (Å²) >= 11 is 0. The van der Waals surface area contributed by atoms with Gasteiger partial charge in [-0.25, -0.2) is 0 Å². The minimum absolute atomic E-state index is 0.0490. The molecule has 1 fully saturated rings. The van der Waals surface area contributed by atoms with E-state index >= 15 is 0 Å². The van der Waals surface area contributed by atoms with Gasteiger partial charge in [-0.05, 0) is 48.3 Å². The molecule has 0 heterocycles. The molecular weight excluding hydrogens is 236 g/mol. The zero-order chi connectivity index (χ0) is 14.2. The van der Waals surface area contributed by atoms with Crippen LogP contribution < -0.4 is 0 Å². The first-order valence-electron chi connectivity index (χ1n) is 7.15. The summed E-state index contributed by atoms with van der Waals surface area (Å²) in [7, 11) is 0. The lowest BCUT2D eigenvalue weighted by atomic mass is 9.65. The van der Waals surface area contributed by atoms with Crippen LogP contribution >= 0.6 is 0 Å². The minimum atomic E-state index is 0.0490. The number of rotatable bonds is 2. The van der Waals surface area contributed by atoms with Gasteiger partial charge < -0.3 is 5.11 Å². The van der Waals surface area contributed by atoms with Crippen molar-refractivity contribution in [2.45, 2.75) is 52.4 Å². The van der Waals surface area contributed by atoms with Gasteiger partial charge in [0.15, 0.2) is 0 Å². The molecule has 0 aromatic heterocycles. The Bertz CT molecular complexity index is 488. The van der Waals surface area contributed by atoms with E-state index in [1.165, 1.54) is 5.56 Å². The number of benzene rings is 1. The van der Waals surface area contributed by atoms with Crippen molar-refractivity contribution < 1.29 is 9.90 Å². The van der Waals surface area contributed by atoms with E-state index in [0.29, 0.717) is 23.9 Å². The van der Waals surface area contributed by atoms with Gasteiger partial charge in [-0.3, -0.25) is 4.79 Å². The van der Waals surface area contributed by atoms with Crippen molar-refractivity contribution >= 4 is 5.78 Å². The van der Waals surface area contributed by atoms with Gasteiger partial charge in [0.05, 0.1) is 0 Å². The molecule has 0 radical (unpaired) electrons. The maximum atomic E-state index is 11.7. The maximum Gasteiger partial charge on any atom is 0.135 e. The molecule has 1 N–H and O–H groups in total. The summed E-state index contributed by atoms with van der Waals surface area (Å²) in [5.74, 6) is 1.49. The van der Waals surface area contributed by atoms with Crippen LogP contribution in [0.4, 0.5) is 0 Å². The number of carbonyl (C=O) groups is 1. The van der Waals surface area contributed by atoms with E-state index in [0.717, 1.165) is 18.4 Å².